The summed E-state index contributed by atoms with van der Waals surface area (Å²) in [5.74, 6) is -0.588. The Labute approximate surface area is 197 Å². The summed E-state index contributed by atoms with van der Waals surface area (Å²) in [5, 5.41) is 2.89. The van der Waals surface area contributed by atoms with Crippen LogP contribution in [0.3, 0.4) is 0 Å². The zero-order chi connectivity index (χ0) is 23.3. The zero-order valence-electron chi connectivity index (χ0n) is 18.8. The van der Waals surface area contributed by atoms with Crippen molar-refractivity contribution in [2.45, 2.75) is 37.1 Å². The Balaban J connectivity index is 1.43. The van der Waals surface area contributed by atoms with Gasteiger partial charge in [-0.2, -0.15) is 0 Å². The number of amides is 3. The zero-order valence-corrected chi connectivity index (χ0v) is 19.7. The van der Waals surface area contributed by atoms with Crippen molar-refractivity contribution in [2.75, 3.05) is 12.8 Å². The fourth-order valence-electron chi connectivity index (χ4n) is 5.15. The molecule has 1 aliphatic heterocycles. The van der Waals surface area contributed by atoms with E-state index in [9.17, 15) is 14.4 Å². The van der Waals surface area contributed by atoms with Gasteiger partial charge in [0.15, 0.2) is 5.78 Å². The van der Waals surface area contributed by atoms with Crippen molar-refractivity contribution in [2.24, 2.45) is 0 Å². The predicted molar refractivity (Wildman–Crippen MR) is 128 cm³/mol. The number of nitrogens with zero attached hydrogens (tertiary/aromatic N) is 2. The highest BCUT2D eigenvalue weighted by atomic mass is 32.2. The van der Waals surface area contributed by atoms with Gasteiger partial charge in [0.05, 0.1) is 6.54 Å². The molecule has 1 fully saturated rings. The third kappa shape index (κ3) is 3.30. The lowest BCUT2D eigenvalue weighted by Gasteiger charge is -2.22. The average molecular weight is 460 g/mol. The number of fused-ring (bicyclic) bond motifs is 2. The van der Waals surface area contributed by atoms with Gasteiger partial charge in [-0.15, -0.1) is 11.8 Å². The number of carbonyl (C=O) groups excluding carboxylic acids is 3. The lowest BCUT2D eigenvalue weighted by atomic mass is 9.92. The van der Waals surface area contributed by atoms with Gasteiger partial charge in [-0.05, 0) is 68.3 Å². The number of nitrogens with one attached hydrogen (secondary N) is 1. The van der Waals surface area contributed by atoms with E-state index in [0.29, 0.717) is 12.0 Å². The van der Waals surface area contributed by atoms with Crippen molar-refractivity contribution in [3.8, 4) is 5.69 Å². The van der Waals surface area contributed by atoms with Crippen LogP contribution in [0.4, 0.5) is 4.79 Å². The summed E-state index contributed by atoms with van der Waals surface area (Å²) in [4.78, 5) is 41.7. The summed E-state index contributed by atoms with van der Waals surface area (Å²) in [5.41, 5.74) is 4.07. The summed E-state index contributed by atoms with van der Waals surface area (Å²) in [6.07, 6.45) is 3.26. The normalized spacial score (nSPS) is 19.3. The van der Waals surface area contributed by atoms with Crippen molar-refractivity contribution in [3.63, 3.8) is 0 Å². The van der Waals surface area contributed by atoms with E-state index in [0.717, 1.165) is 44.4 Å². The Morgan fingerprint density at radius 3 is 2.67 bits per heavy atom. The third-order valence-corrected chi connectivity index (χ3v) is 7.49. The summed E-state index contributed by atoms with van der Waals surface area (Å²) in [6.45, 7) is 3.57. The summed E-state index contributed by atoms with van der Waals surface area (Å²) < 4.78 is 2.04. The standard InChI is InChI=1S/C26H25N3O3S/c1-16-13-21(17(2)29(16)19-8-6-9-20(14-19)33-3)23(30)15-28-24(31)26(27-25(28)32)12-11-18-7-4-5-10-22(18)26/h4-10,13-14H,11-12,15H2,1-3H3,(H,27,32)/t26-/m1/s1. The molecule has 6 nitrogen and oxygen atoms in total. The van der Waals surface area contributed by atoms with Gasteiger partial charge in [-0.25, -0.2) is 4.79 Å². The molecule has 0 radical (unpaired) electrons. The van der Waals surface area contributed by atoms with Gasteiger partial charge in [0.25, 0.3) is 5.91 Å². The Morgan fingerprint density at radius 1 is 1.09 bits per heavy atom. The molecule has 3 amide bonds. The van der Waals surface area contributed by atoms with Crippen LogP contribution in [0.25, 0.3) is 5.69 Å². The van der Waals surface area contributed by atoms with Gasteiger partial charge in [0.1, 0.15) is 5.54 Å². The maximum atomic E-state index is 13.4. The highest BCUT2D eigenvalue weighted by Crippen LogP contribution is 2.41. The highest BCUT2D eigenvalue weighted by Gasteiger charge is 2.55. The van der Waals surface area contributed by atoms with E-state index in [-0.39, 0.29) is 18.2 Å². The lowest BCUT2D eigenvalue weighted by molar-refractivity contribution is -0.131. The van der Waals surface area contributed by atoms with Crippen LogP contribution in [-0.4, -0.2) is 40.0 Å². The molecule has 2 heterocycles. The molecule has 2 aliphatic rings. The molecule has 1 atom stereocenters. The molecule has 2 aromatic carbocycles. The second kappa shape index (κ2) is 7.92. The van der Waals surface area contributed by atoms with Crippen LogP contribution >= 0.6 is 11.8 Å². The lowest BCUT2D eigenvalue weighted by Crippen LogP contribution is -2.42. The first-order chi connectivity index (χ1) is 15.9. The monoisotopic (exact) mass is 459 g/mol. The van der Waals surface area contributed by atoms with E-state index < -0.39 is 11.6 Å². The molecule has 3 aromatic rings. The smallest absolute Gasteiger partial charge is 0.319 e. The van der Waals surface area contributed by atoms with Gasteiger partial charge in [0.2, 0.25) is 0 Å². The summed E-state index contributed by atoms with van der Waals surface area (Å²) >= 11 is 1.66. The molecule has 1 spiro atoms. The number of hydrogen-bond donors (Lipinski definition) is 1. The number of carbonyl (C=O) groups is 3. The highest BCUT2D eigenvalue weighted by molar-refractivity contribution is 7.98. The minimum atomic E-state index is -1.05. The molecule has 7 heteroatoms. The summed E-state index contributed by atoms with van der Waals surface area (Å²) in [6, 6.07) is 17.1. The number of aromatic nitrogens is 1. The van der Waals surface area contributed by atoms with E-state index in [1.54, 1.807) is 11.8 Å². The van der Waals surface area contributed by atoms with Gasteiger partial charge in [0, 0.05) is 27.5 Å². The molecule has 0 unspecified atom stereocenters. The first-order valence-electron chi connectivity index (χ1n) is 10.9. The van der Waals surface area contributed by atoms with Crippen LogP contribution in [0.15, 0.2) is 59.5 Å². The fourth-order valence-corrected chi connectivity index (χ4v) is 5.61. The molecule has 5 rings (SSSR count). The Morgan fingerprint density at radius 2 is 1.88 bits per heavy atom. The second-order valence-electron chi connectivity index (χ2n) is 8.63. The topological polar surface area (TPSA) is 71.4 Å². The van der Waals surface area contributed by atoms with Crippen LogP contribution in [0.2, 0.25) is 0 Å². The molecule has 0 saturated carbocycles. The van der Waals surface area contributed by atoms with Crippen molar-refractivity contribution < 1.29 is 14.4 Å². The first kappa shape index (κ1) is 21.5. The SMILES string of the molecule is CSc1cccc(-n2c(C)cc(C(=O)CN3C(=O)N[C@@]4(CCc5ccccc54)C3=O)c2C)c1. The number of rotatable bonds is 5. The van der Waals surface area contributed by atoms with Gasteiger partial charge >= 0.3 is 6.03 Å². The Hall–Kier alpha value is -3.32. The molecule has 1 saturated heterocycles. The molecular formula is C26H25N3O3S. The number of urea groups is 1. The number of ketones is 1. The molecule has 1 N–H and O–H groups in total. The molecule has 1 aromatic heterocycles. The van der Waals surface area contributed by atoms with Crippen LogP contribution in [0, 0.1) is 13.8 Å². The van der Waals surface area contributed by atoms with Crippen molar-refractivity contribution in [1.29, 1.82) is 0 Å². The van der Waals surface area contributed by atoms with Crippen LogP contribution in [0.1, 0.15) is 39.3 Å². The molecular weight excluding hydrogens is 434 g/mol. The number of hydrogen-bond acceptors (Lipinski definition) is 4. The van der Waals surface area contributed by atoms with Gasteiger partial charge in [-0.1, -0.05) is 30.3 Å². The number of aryl methyl sites for hydroxylation is 2. The number of thioether (sulfide) groups is 1. The molecule has 33 heavy (non-hydrogen) atoms. The third-order valence-electron chi connectivity index (χ3n) is 6.77. The fraction of sp³-hybridized carbons (Fsp3) is 0.269. The summed E-state index contributed by atoms with van der Waals surface area (Å²) in [7, 11) is 0. The van der Waals surface area contributed by atoms with Crippen LogP contribution < -0.4 is 5.32 Å². The van der Waals surface area contributed by atoms with Crippen molar-refractivity contribution in [1.82, 2.24) is 14.8 Å². The number of imide groups is 1. The predicted octanol–water partition coefficient (Wildman–Crippen LogP) is 4.39. The van der Waals surface area contributed by atoms with Crippen molar-refractivity contribution in [3.05, 3.63) is 82.7 Å². The minimum Gasteiger partial charge on any atom is -0.319 e. The molecule has 168 valence electrons. The average Bonchev–Trinajstić information content (AvgIpc) is 3.42. The maximum absolute atomic E-state index is 13.4. The molecule has 0 bridgehead atoms. The largest absolute Gasteiger partial charge is 0.325 e. The Bertz CT molecular complexity index is 1310. The molecule has 1 aliphatic carbocycles. The van der Waals surface area contributed by atoms with Crippen LogP contribution in [-0.2, 0) is 16.8 Å². The number of Topliss-reactive ketones (excluding diaryl/α,β-unsaturated/α-hetero) is 1. The van der Waals surface area contributed by atoms with E-state index in [1.165, 1.54) is 0 Å². The quantitative estimate of drug-likeness (QED) is 0.349. The maximum Gasteiger partial charge on any atom is 0.325 e. The Kier molecular flexibility index (Phi) is 5.16. The van der Waals surface area contributed by atoms with E-state index in [4.69, 9.17) is 0 Å². The van der Waals surface area contributed by atoms with E-state index >= 15 is 0 Å². The van der Waals surface area contributed by atoms with E-state index in [1.807, 2.05) is 73.2 Å². The first-order valence-corrected chi connectivity index (χ1v) is 12.2. The van der Waals surface area contributed by atoms with Gasteiger partial charge in [-0.3, -0.25) is 14.5 Å². The number of benzene rings is 2. The van der Waals surface area contributed by atoms with Crippen molar-refractivity contribution >= 4 is 29.5 Å². The second-order valence-corrected chi connectivity index (χ2v) is 9.51. The minimum absolute atomic E-state index is 0.248. The van der Waals surface area contributed by atoms with E-state index in [2.05, 4.69) is 11.4 Å². The van der Waals surface area contributed by atoms with Gasteiger partial charge < -0.3 is 9.88 Å². The van der Waals surface area contributed by atoms with Crippen LogP contribution in [0.5, 0.6) is 0 Å².